The fraction of sp³-hybridized carbons (Fsp3) is 0.615. The molecule has 1 aliphatic heterocycles. The zero-order valence-corrected chi connectivity index (χ0v) is 11.1. The molecule has 18 heavy (non-hydrogen) atoms. The van der Waals surface area contributed by atoms with Crippen LogP contribution < -0.4 is 15.8 Å². The summed E-state index contributed by atoms with van der Waals surface area (Å²) in [7, 11) is 1.65. The number of nitrogens with zero attached hydrogens (tertiary/aromatic N) is 2. The zero-order chi connectivity index (χ0) is 13.0. The second kappa shape index (κ2) is 6.02. The molecule has 0 unspecified atom stereocenters. The van der Waals surface area contributed by atoms with Crippen molar-refractivity contribution >= 4 is 5.69 Å². The van der Waals surface area contributed by atoms with Gasteiger partial charge in [-0.1, -0.05) is 0 Å². The van der Waals surface area contributed by atoms with Gasteiger partial charge in [0.05, 0.1) is 6.61 Å². The van der Waals surface area contributed by atoms with Crippen molar-refractivity contribution in [3.05, 3.63) is 28.2 Å². The lowest BCUT2D eigenvalue weighted by Crippen LogP contribution is -2.46. The lowest BCUT2D eigenvalue weighted by atomic mass is 10.2. The summed E-state index contributed by atoms with van der Waals surface area (Å²) in [5.41, 5.74) is 1.88. The summed E-state index contributed by atoms with van der Waals surface area (Å²) in [6.07, 6.45) is 0. The molecule has 1 saturated heterocycles. The zero-order valence-electron chi connectivity index (χ0n) is 11.1. The van der Waals surface area contributed by atoms with Gasteiger partial charge in [0.1, 0.15) is 5.69 Å². The van der Waals surface area contributed by atoms with E-state index in [1.165, 1.54) is 0 Å². The van der Waals surface area contributed by atoms with E-state index >= 15 is 0 Å². The van der Waals surface area contributed by atoms with Gasteiger partial charge in [0.25, 0.3) is 5.56 Å². The van der Waals surface area contributed by atoms with E-state index in [9.17, 15) is 4.79 Å². The molecule has 100 valence electrons. The van der Waals surface area contributed by atoms with Crippen molar-refractivity contribution in [3.63, 3.8) is 0 Å². The van der Waals surface area contributed by atoms with Gasteiger partial charge in [0.2, 0.25) is 0 Å². The van der Waals surface area contributed by atoms with E-state index < -0.39 is 0 Å². The Labute approximate surface area is 107 Å². The molecule has 0 aromatic carbocycles. The average molecular weight is 251 g/mol. The van der Waals surface area contributed by atoms with Gasteiger partial charge in [-0.25, -0.2) is 0 Å². The molecule has 1 fully saturated rings. The molecule has 5 heteroatoms. The minimum atomic E-state index is 0.0916. The Morgan fingerprint density at radius 3 is 2.72 bits per heavy atom. The highest BCUT2D eigenvalue weighted by atomic mass is 16.5. The Balaban J connectivity index is 2.28. The first kappa shape index (κ1) is 13.1. The van der Waals surface area contributed by atoms with Crippen LogP contribution in [0.2, 0.25) is 0 Å². The van der Waals surface area contributed by atoms with Crippen molar-refractivity contribution in [3.8, 4) is 0 Å². The van der Waals surface area contributed by atoms with Gasteiger partial charge in [-0.2, -0.15) is 0 Å². The predicted octanol–water partition coefficient (Wildman–Crippen LogP) is 0.213. The highest BCUT2D eigenvalue weighted by Crippen LogP contribution is 2.10. The third-order valence-corrected chi connectivity index (χ3v) is 3.35. The van der Waals surface area contributed by atoms with E-state index in [2.05, 4.69) is 10.2 Å². The van der Waals surface area contributed by atoms with Gasteiger partial charge >= 0.3 is 0 Å². The maximum atomic E-state index is 12.4. The van der Waals surface area contributed by atoms with Crippen LogP contribution in [0.15, 0.2) is 16.9 Å². The number of hydrogen-bond donors (Lipinski definition) is 1. The van der Waals surface area contributed by atoms with E-state index in [-0.39, 0.29) is 5.56 Å². The number of methoxy groups -OCH3 is 1. The fourth-order valence-electron chi connectivity index (χ4n) is 2.27. The van der Waals surface area contributed by atoms with Crippen molar-refractivity contribution in [2.75, 3.05) is 44.8 Å². The number of nitrogens with one attached hydrogen (secondary N) is 1. The summed E-state index contributed by atoms with van der Waals surface area (Å²) >= 11 is 0. The molecule has 1 N–H and O–H groups in total. The smallest absolute Gasteiger partial charge is 0.274 e. The van der Waals surface area contributed by atoms with E-state index in [0.29, 0.717) is 13.2 Å². The highest BCUT2D eigenvalue weighted by molar-refractivity contribution is 5.45. The van der Waals surface area contributed by atoms with Gasteiger partial charge in [-0.3, -0.25) is 4.79 Å². The van der Waals surface area contributed by atoms with Crippen LogP contribution in [-0.2, 0) is 11.3 Å². The molecule has 0 radical (unpaired) electrons. The van der Waals surface area contributed by atoms with Gasteiger partial charge < -0.3 is 19.5 Å². The van der Waals surface area contributed by atoms with E-state index in [0.717, 1.165) is 37.6 Å². The number of piperazine rings is 1. The summed E-state index contributed by atoms with van der Waals surface area (Å²) < 4.78 is 6.85. The van der Waals surface area contributed by atoms with Crippen LogP contribution in [-0.4, -0.2) is 44.5 Å². The predicted molar refractivity (Wildman–Crippen MR) is 72.4 cm³/mol. The normalized spacial score (nSPS) is 16.0. The second-order valence-electron chi connectivity index (χ2n) is 4.55. The summed E-state index contributed by atoms with van der Waals surface area (Å²) in [4.78, 5) is 14.6. The number of ether oxygens (including phenoxy) is 1. The van der Waals surface area contributed by atoms with Crippen LogP contribution in [0.3, 0.4) is 0 Å². The van der Waals surface area contributed by atoms with Crippen molar-refractivity contribution in [1.82, 2.24) is 9.88 Å². The summed E-state index contributed by atoms with van der Waals surface area (Å²) in [6, 6.07) is 3.95. The first-order valence-corrected chi connectivity index (χ1v) is 6.39. The molecular weight excluding hydrogens is 230 g/mol. The largest absolute Gasteiger partial charge is 0.383 e. The number of anilines is 1. The first-order valence-electron chi connectivity index (χ1n) is 6.39. The molecule has 0 spiro atoms. The van der Waals surface area contributed by atoms with Gasteiger partial charge in [0.15, 0.2) is 0 Å². The van der Waals surface area contributed by atoms with Crippen LogP contribution in [0.25, 0.3) is 0 Å². The Kier molecular flexibility index (Phi) is 4.38. The minimum absolute atomic E-state index is 0.0916. The molecule has 0 saturated carbocycles. The molecule has 1 aliphatic rings. The number of rotatable bonds is 4. The van der Waals surface area contributed by atoms with E-state index in [1.807, 2.05) is 19.1 Å². The Bertz CT molecular complexity index is 450. The molecular formula is C13H21N3O2. The fourth-order valence-corrected chi connectivity index (χ4v) is 2.27. The molecule has 1 aromatic heterocycles. The lowest BCUT2D eigenvalue weighted by Gasteiger charge is -2.29. The maximum absolute atomic E-state index is 12.4. The standard InChI is InChI=1S/C13H21N3O2/c1-11-3-4-12(15-7-5-14-6-8-15)13(17)16(11)9-10-18-2/h3-4,14H,5-10H2,1-2H3. The Morgan fingerprint density at radius 2 is 2.06 bits per heavy atom. The Hall–Kier alpha value is -1.33. The minimum Gasteiger partial charge on any atom is -0.383 e. The SMILES string of the molecule is COCCn1c(C)ccc(N2CCNCC2)c1=O. The molecule has 0 amide bonds. The Morgan fingerprint density at radius 1 is 1.33 bits per heavy atom. The third kappa shape index (κ3) is 2.73. The molecule has 0 aliphatic carbocycles. The van der Waals surface area contributed by atoms with Crippen LogP contribution >= 0.6 is 0 Å². The number of aromatic nitrogens is 1. The van der Waals surface area contributed by atoms with Gasteiger partial charge in [-0.15, -0.1) is 0 Å². The lowest BCUT2D eigenvalue weighted by molar-refractivity contribution is 0.185. The molecule has 0 bridgehead atoms. The molecule has 2 heterocycles. The van der Waals surface area contributed by atoms with E-state index in [4.69, 9.17) is 4.74 Å². The molecule has 5 nitrogen and oxygen atoms in total. The third-order valence-electron chi connectivity index (χ3n) is 3.35. The molecule has 0 atom stereocenters. The van der Waals surface area contributed by atoms with Crippen LogP contribution in [0.5, 0.6) is 0 Å². The topological polar surface area (TPSA) is 46.5 Å². The van der Waals surface area contributed by atoms with Crippen LogP contribution in [0.4, 0.5) is 5.69 Å². The molecule has 2 rings (SSSR count). The average Bonchev–Trinajstić information content (AvgIpc) is 2.40. The van der Waals surface area contributed by atoms with Crippen molar-refractivity contribution in [2.45, 2.75) is 13.5 Å². The highest BCUT2D eigenvalue weighted by Gasteiger charge is 2.15. The number of pyridine rings is 1. The van der Waals surface area contributed by atoms with E-state index in [1.54, 1.807) is 11.7 Å². The van der Waals surface area contributed by atoms with Gasteiger partial charge in [0, 0.05) is 45.5 Å². The maximum Gasteiger partial charge on any atom is 0.274 e. The van der Waals surface area contributed by atoms with Crippen molar-refractivity contribution < 1.29 is 4.74 Å². The van der Waals surface area contributed by atoms with Crippen LogP contribution in [0, 0.1) is 6.92 Å². The summed E-state index contributed by atoms with van der Waals surface area (Å²) in [6.45, 7) is 6.79. The number of aryl methyl sites for hydroxylation is 1. The second-order valence-corrected chi connectivity index (χ2v) is 4.55. The van der Waals surface area contributed by atoms with Crippen molar-refractivity contribution in [2.24, 2.45) is 0 Å². The monoisotopic (exact) mass is 251 g/mol. The molecule has 1 aromatic rings. The van der Waals surface area contributed by atoms with Crippen molar-refractivity contribution in [1.29, 1.82) is 0 Å². The number of hydrogen-bond acceptors (Lipinski definition) is 4. The quantitative estimate of drug-likeness (QED) is 0.831. The summed E-state index contributed by atoms with van der Waals surface area (Å²) in [5, 5.41) is 3.29. The summed E-state index contributed by atoms with van der Waals surface area (Å²) in [5.74, 6) is 0. The van der Waals surface area contributed by atoms with Crippen LogP contribution in [0.1, 0.15) is 5.69 Å². The first-order chi connectivity index (χ1) is 8.74. The van der Waals surface area contributed by atoms with Gasteiger partial charge in [-0.05, 0) is 19.1 Å².